The number of pyridine rings is 1. The number of aryl methyl sites for hydroxylation is 1. The summed E-state index contributed by atoms with van der Waals surface area (Å²) in [7, 11) is 0. The zero-order valence-corrected chi connectivity index (χ0v) is 14.7. The largest absolute Gasteiger partial charge is 0.477 e. The Bertz CT molecular complexity index is 743. The molecule has 1 aromatic carbocycles. The quantitative estimate of drug-likeness (QED) is 0.857. The van der Waals surface area contributed by atoms with Crippen LogP contribution in [0.5, 0.6) is 0 Å². The van der Waals surface area contributed by atoms with E-state index in [0.29, 0.717) is 12.1 Å². The number of aromatic carboxylic acids is 1. The van der Waals surface area contributed by atoms with Gasteiger partial charge in [-0.2, -0.15) is 0 Å². The van der Waals surface area contributed by atoms with Crippen LogP contribution in [0.2, 0.25) is 0 Å². The maximum atomic E-state index is 11.2. The molecule has 1 aromatic heterocycles. The van der Waals surface area contributed by atoms with Crippen LogP contribution in [-0.4, -0.2) is 28.7 Å². The number of nitrogens with one attached hydrogen (secondary N) is 1. The molecule has 0 radical (unpaired) electrons. The van der Waals surface area contributed by atoms with Gasteiger partial charge in [-0.3, -0.25) is 0 Å². The van der Waals surface area contributed by atoms with E-state index in [4.69, 9.17) is 4.74 Å². The molecular formula is C20H24N2O3. The molecule has 0 amide bonds. The first kappa shape index (κ1) is 17.4. The summed E-state index contributed by atoms with van der Waals surface area (Å²) < 4.78 is 6.26. The molecule has 2 heterocycles. The lowest BCUT2D eigenvalue weighted by atomic mass is 9.97. The lowest BCUT2D eigenvalue weighted by Gasteiger charge is -2.31. The van der Waals surface area contributed by atoms with E-state index in [1.54, 1.807) is 6.92 Å². The number of ether oxygens (including phenoxy) is 1. The van der Waals surface area contributed by atoms with Crippen LogP contribution in [-0.2, 0) is 4.74 Å². The van der Waals surface area contributed by atoms with Crippen molar-refractivity contribution in [3.05, 3.63) is 58.9 Å². The van der Waals surface area contributed by atoms with Crippen molar-refractivity contribution in [3.8, 4) is 0 Å². The van der Waals surface area contributed by atoms with Crippen molar-refractivity contribution in [2.45, 2.75) is 45.3 Å². The third kappa shape index (κ3) is 4.17. The molecule has 1 aliphatic rings. The van der Waals surface area contributed by atoms with Crippen molar-refractivity contribution in [1.82, 2.24) is 4.98 Å². The lowest BCUT2D eigenvalue weighted by Crippen LogP contribution is -2.29. The summed E-state index contributed by atoms with van der Waals surface area (Å²) in [5, 5.41) is 12.5. The summed E-state index contributed by atoms with van der Waals surface area (Å²) in [4.78, 5) is 15.1. The number of anilines is 1. The molecule has 0 bridgehead atoms. The molecule has 25 heavy (non-hydrogen) atoms. The standard InChI is InChI=1S/C20H24N2O3/c1-13-6-8-15(9-7-13)18-5-3-4-16(25-18)12-22-17-10-11-21-19(14(17)2)20(23)24/h6-11,16,18H,3-5,12H2,1-2H3,(H,21,22)(H,23,24)/t16-,18+/m1/s1. The number of nitrogens with zero attached hydrogens (tertiary/aromatic N) is 1. The van der Waals surface area contributed by atoms with Gasteiger partial charge in [0.1, 0.15) is 0 Å². The van der Waals surface area contributed by atoms with Crippen molar-refractivity contribution < 1.29 is 14.6 Å². The van der Waals surface area contributed by atoms with Gasteiger partial charge in [-0.1, -0.05) is 29.8 Å². The number of aromatic nitrogens is 1. The molecule has 5 nitrogen and oxygen atoms in total. The molecule has 2 atom stereocenters. The van der Waals surface area contributed by atoms with E-state index in [1.165, 1.54) is 17.3 Å². The van der Waals surface area contributed by atoms with E-state index < -0.39 is 5.97 Å². The highest BCUT2D eigenvalue weighted by Crippen LogP contribution is 2.31. The highest BCUT2D eigenvalue weighted by molar-refractivity contribution is 5.88. The molecule has 0 spiro atoms. The summed E-state index contributed by atoms with van der Waals surface area (Å²) in [6.45, 7) is 4.52. The molecule has 1 fully saturated rings. The van der Waals surface area contributed by atoms with E-state index in [9.17, 15) is 9.90 Å². The van der Waals surface area contributed by atoms with Gasteiger partial charge in [0.05, 0.1) is 12.2 Å². The maximum absolute atomic E-state index is 11.2. The summed E-state index contributed by atoms with van der Waals surface area (Å²) in [6, 6.07) is 10.3. The molecule has 1 aliphatic heterocycles. The van der Waals surface area contributed by atoms with Gasteiger partial charge in [-0.15, -0.1) is 0 Å². The third-order valence-electron chi connectivity index (χ3n) is 4.73. The Morgan fingerprint density at radius 3 is 2.72 bits per heavy atom. The van der Waals surface area contributed by atoms with Crippen molar-refractivity contribution in [2.24, 2.45) is 0 Å². The zero-order valence-electron chi connectivity index (χ0n) is 14.7. The molecule has 2 aromatic rings. The van der Waals surface area contributed by atoms with E-state index in [-0.39, 0.29) is 17.9 Å². The van der Waals surface area contributed by atoms with Crippen LogP contribution >= 0.6 is 0 Å². The fraction of sp³-hybridized carbons (Fsp3) is 0.400. The lowest BCUT2D eigenvalue weighted by molar-refractivity contribution is -0.0442. The van der Waals surface area contributed by atoms with E-state index >= 15 is 0 Å². The number of carboxylic acid groups (broad SMARTS) is 1. The van der Waals surface area contributed by atoms with Crippen LogP contribution in [0.25, 0.3) is 0 Å². The Morgan fingerprint density at radius 2 is 2.00 bits per heavy atom. The fourth-order valence-electron chi connectivity index (χ4n) is 3.24. The van der Waals surface area contributed by atoms with E-state index in [1.807, 2.05) is 6.07 Å². The van der Waals surface area contributed by atoms with Crippen molar-refractivity contribution in [2.75, 3.05) is 11.9 Å². The van der Waals surface area contributed by atoms with Gasteiger partial charge in [0.2, 0.25) is 0 Å². The zero-order chi connectivity index (χ0) is 17.8. The van der Waals surface area contributed by atoms with Crippen LogP contribution in [0, 0.1) is 13.8 Å². The number of benzene rings is 1. The van der Waals surface area contributed by atoms with Gasteiger partial charge < -0.3 is 15.2 Å². The summed E-state index contributed by atoms with van der Waals surface area (Å²) in [5.41, 5.74) is 4.02. The first-order valence-corrected chi connectivity index (χ1v) is 8.69. The third-order valence-corrected chi connectivity index (χ3v) is 4.73. The normalized spacial score (nSPS) is 20.2. The van der Waals surface area contributed by atoms with Gasteiger partial charge in [0, 0.05) is 24.0 Å². The van der Waals surface area contributed by atoms with Gasteiger partial charge in [-0.05, 0) is 44.7 Å². The molecule has 1 saturated heterocycles. The average molecular weight is 340 g/mol. The molecule has 3 rings (SSSR count). The van der Waals surface area contributed by atoms with Gasteiger partial charge >= 0.3 is 5.97 Å². The van der Waals surface area contributed by atoms with Crippen LogP contribution in [0.1, 0.15) is 52.5 Å². The second kappa shape index (κ2) is 7.66. The second-order valence-electron chi connectivity index (χ2n) is 6.61. The van der Waals surface area contributed by atoms with Crippen molar-refractivity contribution in [3.63, 3.8) is 0 Å². The molecule has 0 saturated carbocycles. The number of hydrogen-bond donors (Lipinski definition) is 2. The van der Waals surface area contributed by atoms with Crippen LogP contribution in [0.3, 0.4) is 0 Å². The van der Waals surface area contributed by atoms with Crippen molar-refractivity contribution >= 4 is 11.7 Å². The SMILES string of the molecule is Cc1ccc([C@@H]2CCC[C@H](CNc3ccnc(C(=O)O)c3C)O2)cc1. The predicted molar refractivity (Wildman–Crippen MR) is 97.1 cm³/mol. The smallest absolute Gasteiger partial charge is 0.354 e. The minimum absolute atomic E-state index is 0.0899. The second-order valence-corrected chi connectivity index (χ2v) is 6.61. The number of hydrogen-bond acceptors (Lipinski definition) is 4. The van der Waals surface area contributed by atoms with Crippen molar-refractivity contribution in [1.29, 1.82) is 0 Å². The molecule has 132 valence electrons. The summed E-state index contributed by atoms with van der Waals surface area (Å²) in [5.74, 6) is -1.01. The van der Waals surface area contributed by atoms with Crippen LogP contribution < -0.4 is 5.32 Å². The Balaban J connectivity index is 1.63. The van der Waals surface area contributed by atoms with Crippen LogP contribution in [0.15, 0.2) is 36.5 Å². The van der Waals surface area contributed by atoms with Gasteiger partial charge in [0.25, 0.3) is 0 Å². The topological polar surface area (TPSA) is 71.5 Å². The molecule has 5 heteroatoms. The Hall–Kier alpha value is -2.40. The molecule has 0 aliphatic carbocycles. The molecule has 0 unspecified atom stereocenters. The summed E-state index contributed by atoms with van der Waals surface area (Å²) in [6.07, 6.45) is 4.94. The first-order valence-electron chi connectivity index (χ1n) is 8.69. The minimum Gasteiger partial charge on any atom is -0.477 e. The summed E-state index contributed by atoms with van der Waals surface area (Å²) >= 11 is 0. The molecular weight excluding hydrogens is 316 g/mol. The highest BCUT2D eigenvalue weighted by Gasteiger charge is 2.24. The Kier molecular flexibility index (Phi) is 5.34. The van der Waals surface area contributed by atoms with Gasteiger partial charge in [0.15, 0.2) is 5.69 Å². The molecule has 2 N–H and O–H groups in total. The number of carboxylic acids is 1. The first-order chi connectivity index (χ1) is 12.0. The average Bonchev–Trinajstić information content (AvgIpc) is 2.61. The minimum atomic E-state index is -1.01. The number of rotatable bonds is 5. The van der Waals surface area contributed by atoms with Gasteiger partial charge in [-0.25, -0.2) is 9.78 Å². The predicted octanol–water partition coefficient (Wildman–Crippen LogP) is 4.12. The van der Waals surface area contributed by atoms with Crippen LogP contribution in [0.4, 0.5) is 5.69 Å². The monoisotopic (exact) mass is 340 g/mol. The maximum Gasteiger partial charge on any atom is 0.354 e. The Labute approximate surface area is 148 Å². The fourth-order valence-corrected chi connectivity index (χ4v) is 3.24. The van der Waals surface area contributed by atoms with E-state index in [2.05, 4.69) is 41.5 Å². The highest BCUT2D eigenvalue weighted by atomic mass is 16.5. The van der Waals surface area contributed by atoms with E-state index in [0.717, 1.165) is 24.9 Å². The Morgan fingerprint density at radius 1 is 1.24 bits per heavy atom. The number of carbonyl (C=O) groups is 1.